The topological polar surface area (TPSA) is 56.7 Å². The van der Waals surface area contributed by atoms with Crippen LogP contribution in [-0.2, 0) is 0 Å². The smallest absolute Gasteiger partial charge is 0.386 e. The van der Waals surface area contributed by atoms with Gasteiger partial charge in [0.25, 0.3) is 0 Å². The van der Waals surface area contributed by atoms with E-state index in [0.717, 1.165) is 0 Å². The Balaban J connectivity index is 1.89. The van der Waals surface area contributed by atoms with Crippen molar-refractivity contribution in [1.82, 2.24) is 10.6 Å². The van der Waals surface area contributed by atoms with Crippen LogP contribution in [0, 0.1) is 5.92 Å². The van der Waals surface area contributed by atoms with Gasteiger partial charge in [0, 0.05) is 17.6 Å². The van der Waals surface area contributed by atoms with Crippen LogP contribution < -0.4 is 10.6 Å². The Morgan fingerprint density at radius 1 is 1.23 bits per heavy atom. The van der Waals surface area contributed by atoms with Crippen molar-refractivity contribution in [2.24, 2.45) is 10.9 Å². The number of nitrogens with zero attached hydrogens (tertiary/aromatic N) is 1. The van der Waals surface area contributed by atoms with Gasteiger partial charge >= 0.3 is 6.18 Å². The maximum Gasteiger partial charge on any atom is 0.391 e. The van der Waals surface area contributed by atoms with Crippen molar-refractivity contribution in [3.05, 3.63) is 34.9 Å². The monoisotopic (exact) mass is 391 g/mol. The Kier molecular flexibility index (Phi) is 7.58. The molecule has 1 fully saturated rings. The van der Waals surface area contributed by atoms with Gasteiger partial charge < -0.3 is 15.7 Å². The summed E-state index contributed by atoms with van der Waals surface area (Å²) in [4.78, 5) is 4.36. The fraction of sp³-hybridized carbons (Fsp3) is 0.611. The van der Waals surface area contributed by atoms with E-state index >= 15 is 0 Å². The first kappa shape index (κ1) is 20.8. The molecule has 0 aromatic heterocycles. The van der Waals surface area contributed by atoms with Crippen LogP contribution in [0.3, 0.4) is 0 Å². The van der Waals surface area contributed by atoms with Gasteiger partial charge in [-0.1, -0.05) is 23.7 Å². The van der Waals surface area contributed by atoms with Gasteiger partial charge in [-0.15, -0.1) is 0 Å². The zero-order valence-electron chi connectivity index (χ0n) is 14.7. The van der Waals surface area contributed by atoms with Gasteiger partial charge in [0.05, 0.1) is 18.6 Å². The summed E-state index contributed by atoms with van der Waals surface area (Å²) < 4.78 is 38.3. The van der Waals surface area contributed by atoms with Gasteiger partial charge in [0.1, 0.15) is 0 Å². The molecule has 146 valence electrons. The third-order valence-electron chi connectivity index (χ3n) is 4.55. The molecule has 0 amide bonds. The van der Waals surface area contributed by atoms with Crippen LogP contribution in [0.15, 0.2) is 29.3 Å². The Morgan fingerprint density at radius 3 is 2.38 bits per heavy atom. The normalized spacial score (nSPS) is 22.8. The number of aliphatic imine (C=N–C) groups is 1. The summed E-state index contributed by atoms with van der Waals surface area (Å²) in [6.45, 7) is 2.68. The second-order valence-electron chi connectivity index (χ2n) is 6.52. The van der Waals surface area contributed by atoms with E-state index in [-0.39, 0.29) is 25.4 Å². The number of guanidine groups is 1. The molecule has 0 saturated heterocycles. The summed E-state index contributed by atoms with van der Waals surface area (Å²) in [5.41, 5.74) is 0.708. The molecular weight excluding hydrogens is 367 g/mol. The molecule has 1 atom stereocenters. The van der Waals surface area contributed by atoms with Crippen LogP contribution in [0.5, 0.6) is 0 Å². The highest BCUT2D eigenvalue weighted by Gasteiger charge is 2.41. The average Bonchev–Trinajstić information content (AvgIpc) is 2.60. The van der Waals surface area contributed by atoms with E-state index in [1.807, 2.05) is 6.92 Å². The Bertz CT molecular complexity index is 584. The molecule has 4 nitrogen and oxygen atoms in total. The first-order valence-electron chi connectivity index (χ1n) is 8.84. The maximum atomic E-state index is 12.8. The summed E-state index contributed by atoms with van der Waals surface area (Å²) >= 11 is 5.83. The third-order valence-corrected chi connectivity index (χ3v) is 4.80. The number of hydrogen-bond acceptors (Lipinski definition) is 2. The van der Waals surface area contributed by atoms with E-state index in [4.69, 9.17) is 11.6 Å². The molecule has 0 radical (unpaired) electrons. The zero-order chi connectivity index (χ0) is 19.2. The van der Waals surface area contributed by atoms with E-state index < -0.39 is 18.2 Å². The van der Waals surface area contributed by atoms with Crippen molar-refractivity contribution in [1.29, 1.82) is 0 Å². The first-order chi connectivity index (χ1) is 12.3. The molecule has 1 aromatic carbocycles. The molecule has 0 heterocycles. The first-order valence-corrected chi connectivity index (χ1v) is 9.22. The fourth-order valence-electron chi connectivity index (χ4n) is 3.05. The molecular formula is C18H25ClF3N3O. The minimum Gasteiger partial charge on any atom is -0.386 e. The van der Waals surface area contributed by atoms with Crippen molar-refractivity contribution < 1.29 is 18.3 Å². The SMILES string of the molecule is CCNC(=NCC(O)c1ccc(Cl)cc1)NC1CCC(C(F)(F)F)CC1. The molecule has 8 heteroatoms. The summed E-state index contributed by atoms with van der Waals surface area (Å²) in [5.74, 6) is -0.692. The van der Waals surface area contributed by atoms with E-state index in [2.05, 4.69) is 15.6 Å². The fourth-order valence-corrected chi connectivity index (χ4v) is 3.17. The van der Waals surface area contributed by atoms with Crippen molar-refractivity contribution in [3.63, 3.8) is 0 Å². The summed E-state index contributed by atoms with van der Waals surface area (Å²) in [7, 11) is 0. The van der Waals surface area contributed by atoms with Crippen LogP contribution in [0.4, 0.5) is 13.2 Å². The van der Waals surface area contributed by atoms with Gasteiger partial charge in [-0.3, -0.25) is 4.99 Å². The molecule has 1 aliphatic rings. The number of alkyl halides is 3. The molecule has 1 aromatic rings. The molecule has 0 bridgehead atoms. The second kappa shape index (κ2) is 9.46. The number of halogens is 4. The number of nitrogens with one attached hydrogen (secondary N) is 2. The Morgan fingerprint density at radius 2 is 1.85 bits per heavy atom. The number of hydrogen-bond donors (Lipinski definition) is 3. The van der Waals surface area contributed by atoms with Crippen molar-refractivity contribution >= 4 is 17.6 Å². The van der Waals surface area contributed by atoms with Gasteiger partial charge in [-0.25, -0.2) is 0 Å². The van der Waals surface area contributed by atoms with Gasteiger partial charge in [-0.2, -0.15) is 13.2 Å². The predicted molar refractivity (Wildman–Crippen MR) is 97.3 cm³/mol. The van der Waals surface area contributed by atoms with Crippen molar-refractivity contribution in [2.45, 2.75) is 50.9 Å². The van der Waals surface area contributed by atoms with Crippen LogP contribution >= 0.6 is 11.6 Å². The molecule has 3 N–H and O–H groups in total. The summed E-state index contributed by atoms with van der Waals surface area (Å²) in [6, 6.07) is 6.83. The standard InChI is InChI=1S/C18H25ClF3N3O/c1-2-23-17(24-11-16(26)12-3-7-14(19)8-4-12)25-15-9-5-13(6-10-15)18(20,21)22/h3-4,7-8,13,15-16,26H,2,5-6,9-11H2,1H3,(H2,23,24,25). The predicted octanol–water partition coefficient (Wildman–Crippen LogP) is 4.05. The Hall–Kier alpha value is -1.47. The minimum atomic E-state index is -4.10. The van der Waals surface area contributed by atoms with Gasteiger partial charge in [-0.05, 0) is 50.3 Å². The molecule has 26 heavy (non-hydrogen) atoms. The van der Waals surface area contributed by atoms with Crippen LogP contribution in [-0.4, -0.2) is 36.4 Å². The van der Waals surface area contributed by atoms with Crippen LogP contribution in [0.25, 0.3) is 0 Å². The van der Waals surface area contributed by atoms with E-state index in [1.165, 1.54) is 0 Å². The van der Waals surface area contributed by atoms with Crippen LogP contribution in [0.1, 0.15) is 44.3 Å². The third kappa shape index (κ3) is 6.36. The average molecular weight is 392 g/mol. The zero-order valence-corrected chi connectivity index (χ0v) is 15.4. The molecule has 1 aliphatic carbocycles. The largest absolute Gasteiger partial charge is 0.391 e. The van der Waals surface area contributed by atoms with Gasteiger partial charge in [0.2, 0.25) is 0 Å². The number of rotatable bonds is 5. The summed E-state index contributed by atoms with van der Waals surface area (Å²) in [5, 5.41) is 17.1. The maximum absolute atomic E-state index is 12.8. The highest BCUT2D eigenvalue weighted by molar-refractivity contribution is 6.30. The molecule has 1 saturated carbocycles. The quantitative estimate of drug-likeness (QED) is 0.524. The second-order valence-corrected chi connectivity index (χ2v) is 6.96. The van der Waals surface area contributed by atoms with E-state index in [1.54, 1.807) is 24.3 Å². The lowest BCUT2D eigenvalue weighted by atomic mass is 9.85. The van der Waals surface area contributed by atoms with E-state index in [9.17, 15) is 18.3 Å². The molecule has 1 unspecified atom stereocenters. The lowest BCUT2D eigenvalue weighted by molar-refractivity contribution is -0.182. The molecule has 0 spiro atoms. The lowest BCUT2D eigenvalue weighted by Crippen LogP contribution is -2.46. The highest BCUT2D eigenvalue weighted by Crippen LogP contribution is 2.37. The van der Waals surface area contributed by atoms with Crippen molar-refractivity contribution in [3.8, 4) is 0 Å². The Labute approximate surface area is 156 Å². The number of aliphatic hydroxyl groups is 1. The highest BCUT2D eigenvalue weighted by atomic mass is 35.5. The lowest BCUT2D eigenvalue weighted by Gasteiger charge is -2.31. The van der Waals surface area contributed by atoms with Crippen molar-refractivity contribution in [2.75, 3.05) is 13.1 Å². The van der Waals surface area contributed by atoms with Crippen LogP contribution in [0.2, 0.25) is 5.02 Å². The molecule has 2 rings (SSSR count). The minimum absolute atomic E-state index is 0.0425. The summed E-state index contributed by atoms with van der Waals surface area (Å²) in [6.07, 6.45) is -3.71. The number of benzene rings is 1. The molecule has 0 aliphatic heterocycles. The van der Waals surface area contributed by atoms with Gasteiger partial charge in [0.15, 0.2) is 5.96 Å². The number of aliphatic hydroxyl groups excluding tert-OH is 1. The van der Waals surface area contributed by atoms with E-state index in [0.29, 0.717) is 35.9 Å².